The molecule has 86 valence electrons. The van der Waals surface area contributed by atoms with Crippen molar-refractivity contribution in [3.63, 3.8) is 0 Å². The molecular weight excluding hydrogens is 222 g/mol. The lowest BCUT2D eigenvalue weighted by atomic mass is 9.87. The summed E-state index contributed by atoms with van der Waals surface area (Å²) >= 11 is 6.01. The minimum Gasteiger partial charge on any atom is -0.311 e. The Labute approximate surface area is 101 Å². The summed E-state index contributed by atoms with van der Waals surface area (Å²) in [4.78, 5) is 13.7. The third-order valence-corrected chi connectivity index (χ3v) is 3.37. The number of benzene rings is 1. The van der Waals surface area contributed by atoms with Crippen LogP contribution in [0.4, 0.5) is 5.69 Å². The molecule has 1 aliphatic heterocycles. The van der Waals surface area contributed by atoms with Crippen molar-refractivity contribution in [3.8, 4) is 0 Å². The van der Waals surface area contributed by atoms with E-state index in [1.165, 1.54) is 5.56 Å². The molecule has 3 heteroatoms. The first kappa shape index (κ1) is 11.5. The molecule has 1 amide bonds. The summed E-state index contributed by atoms with van der Waals surface area (Å²) in [5, 5.41) is 0.734. The van der Waals surface area contributed by atoms with E-state index in [9.17, 15) is 4.79 Å². The van der Waals surface area contributed by atoms with E-state index in [2.05, 4.69) is 13.8 Å². The number of hydrogen-bond donors (Lipinski definition) is 0. The predicted molar refractivity (Wildman–Crippen MR) is 67.1 cm³/mol. The Hall–Kier alpha value is -1.02. The van der Waals surface area contributed by atoms with Crippen molar-refractivity contribution in [1.82, 2.24) is 0 Å². The van der Waals surface area contributed by atoms with Crippen LogP contribution in [0.1, 0.15) is 32.8 Å². The van der Waals surface area contributed by atoms with Crippen LogP contribution in [0, 0.1) is 0 Å². The molecule has 1 heterocycles. The largest absolute Gasteiger partial charge is 0.311 e. The molecule has 0 bridgehead atoms. The maximum atomic E-state index is 11.8. The fraction of sp³-hybridized carbons (Fsp3) is 0.462. The number of hydrogen-bond acceptors (Lipinski definition) is 1. The van der Waals surface area contributed by atoms with E-state index in [-0.39, 0.29) is 11.3 Å². The third-order valence-electron chi connectivity index (χ3n) is 3.14. The first-order chi connectivity index (χ1) is 7.45. The Morgan fingerprint density at radius 1 is 1.50 bits per heavy atom. The third kappa shape index (κ3) is 1.71. The molecule has 0 N–H and O–H groups in total. The topological polar surface area (TPSA) is 20.3 Å². The SMILES string of the molecule is CCC(=O)N1CC(C)(C)c2cc(Cl)ccc21. The van der Waals surface area contributed by atoms with Crippen LogP contribution in [0.2, 0.25) is 5.02 Å². The van der Waals surface area contributed by atoms with E-state index < -0.39 is 0 Å². The van der Waals surface area contributed by atoms with Gasteiger partial charge < -0.3 is 4.90 Å². The van der Waals surface area contributed by atoms with Crippen molar-refractivity contribution in [1.29, 1.82) is 0 Å². The monoisotopic (exact) mass is 237 g/mol. The molecule has 16 heavy (non-hydrogen) atoms. The summed E-state index contributed by atoms with van der Waals surface area (Å²) in [6.45, 7) is 6.93. The number of nitrogens with zero attached hydrogens (tertiary/aromatic N) is 1. The van der Waals surface area contributed by atoms with Gasteiger partial charge in [0.25, 0.3) is 0 Å². The summed E-state index contributed by atoms with van der Waals surface area (Å²) in [5.41, 5.74) is 2.17. The highest BCUT2D eigenvalue weighted by Crippen LogP contribution is 2.41. The van der Waals surface area contributed by atoms with Crippen molar-refractivity contribution in [3.05, 3.63) is 28.8 Å². The minimum atomic E-state index is -0.00887. The number of carbonyl (C=O) groups is 1. The fourth-order valence-corrected chi connectivity index (χ4v) is 2.44. The Kier molecular flexibility index (Phi) is 2.70. The second-order valence-corrected chi connectivity index (χ2v) is 5.32. The van der Waals surface area contributed by atoms with Crippen molar-refractivity contribution in [2.24, 2.45) is 0 Å². The van der Waals surface area contributed by atoms with Gasteiger partial charge in [0.2, 0.25) is 5.91 Å². The normalized spacial score (nSPS) is 17.4. The van der Waals surface area contributed by atoms with Crippen LogP contribution in [0.25, 0.3) is 0 Å². The number of carbonyl (C=O) groups excluding carboxylic acids is 1. The van der Waals surface area contributed by atoms with Crippen LogP contribution in [-0.2, 0) is 10.2 Å². The lowest BCUT2D eigenvalue weighted by Crippen LogP contribution is -2.33. The van der Waals surface area contributed by atoms with Gasteiger partial charge >= 0.3 is 0 Å². The second kappa shape index (κ2) is 3.77. The predicted octanol–water partition coefficient (Wildman–Crippen LogP) is 3.37. The quantitative estimate of drug-likeness (QED) is 0.733. The van der Waals surface area contributed by atoms with Crippen molar-refractivity contribution in [2.45, 2.75) is 32.6 Å². The van der Waals surface area contributed by atoms with Gasteiger partial charge in [-0.25, -0.2) is 0 Å². The zero-order valence-corrected chi connectivity index (χ0v) is 10.6. The molecule has 0 aliphatic carbocycles. The Morgan fingerprint density at radius 2 is 2.19 bits per heavy atom. The molecule has 0 aromatic heterocycles. The second-order valence-electron chi connectivity index (χ2n) is 4.88. The molecule has 0 atom stereocenters. The van der Waals surface area contributed by atoms with Gasteiger partial charge in [0.05, 0.1) is 0 Å². The summed E-state index contributed by atoms with van der Waals surface area (Å²) in [6.07, 6.45) is 0.540. The van der Waals surface area contributed by atoms with Crippen LogP contribution >= 0.6 is 11.6 Å². The number of amides is 1. The van der Waals surface area contributed by atoms with Crippen molar-refractivity contribution >= 4 is 23.2 Å². The maximum Gasteiger partial charge on any atom is 0.226 e. The highest BCUT2D eigenvalue weighted by molar-refractivity contribution is 6.30. The van der Waals surface area contributed by atoms with Gasteiger partial charge in [-0.05, 0) is 23.8 Å². The highest BCUT2D eigenvalue weighted by Gasteiger charge is 2.37. The number of halogens is 1. The standard InChI is InChI=1S/C13H16ClNO/c1-4-12(16)15-8-13(2,3)10-7-9(14)5-6-11(10)15/h5-7H,4,8H2,1-3H3. The van der Waals surface area contributed by atoms with E-state index in [0.717, 1.165) is 17.3 Å². The molecule has 0 radical (unpaired) electrons. The molecule has 0 spiro atoms. The van der Waals surface area contributed by atoms with Crippen molar-refractivity contribution in [2.75, 3.05) is 11.4 Å². The van der Waals surface area contributed by atoms with E-state index in [1.807, 2.05) is 30.0 Å². The average molecular weight is 238 g/mol. The number of rotatable bonds is 1. The molecule has 0 fully saturated rings. The van der Waals surface area contributed by atoms with Crippen LogP contribution in [0.15, 0.2) is 18.2 Å². The number of fused-ring (bicyclic) bond motifs is 1. The summed E-state index contributed by atoms with van der Waals surface area (Å²) < 4.78 is 0. The van der Waals surface area contributed by atoms with E-state index in [0.29, 0.717) is 6.42 Å². The lowest BCUT2D eigenvalue weighted by Gasteiger charge is -2.20. The van der Waals surface area contributed by atoms with Gasteiger partial charge in [0, 0.05) is 29.1 Å². The molecule has 0 unspecified atom stereocenters. The number of anilines is 1. The highest BCUT2D eigenvalue weighted by atomic mass is 35.5. The van der Waals surface area contributed by atoms with Gasteiger partial charge in [-0.1, -0.05) is 32.4 Å². The molecule has 0 saturated heterocycles. The Balaban J connectivity index is 2.51. The molecule has 2 rings (SSSR count). The van der Waals surface area contributed by atoms with Crippen molar-refractivity contribution < 1.29 is 4.79 Å². The molecule has 1 aromatic carbocycles. The first-order valence-electron chi connectivity index (χ1n) is 5.56. The van der Waals surface area contributed by atoms with Gasteiger partial charge in [-0.15, -0.1) is 0 Å². The zero-order chi connectivity index (χ0) is 11.9. The molecule has 1 aliphatic rings. The van der Waals surface area contributed by atoms with Gasteiger partial charge in [-0.3, -0.25) is 4.79 Å². The summed E-state index contributed by atoms with van der Waals surface area (Å²) in [5.74, 6) is 0.175. The fourth-order valence-electron chi connectivity index (χ4n) is 2.26. The van der Waals surface area contributed by atoms with Gasteiger partial charge in [0.15, 0.2) is 0 Å². The molecule has 0 saturated carbocycles. The van der Waals surface area contributed by atoms with E-state index in [1.54, 1.807) is 0 Å². The molecular formula is C13H16ClNO. The summed E-state index contributed by atoms with van der Waals surface area (Å²) in [6, 6.07) is 5.76. The average Bonchev–Trinajstić information content (AvgIpc) is 2.50. The first-order valence-corrected chi connectivity index (χ1v) is 5.94. The van der Waals surface area contributed by atoms with Crippen LogP contribution < -0.4 is 4.90 Å². The lowest BCUT2D eigenvalue weighted by molar-refractivity contribution is -0.118. The van der Waals surface area contributed by atoms with E-state index >= 15 is 0 Å². The van der Waals surface area contributed by atoms with Crippen LogP contribution in [-0.4, -0.2) is 12.5 Å². The van der Waals surface area contributed by atoms with Gasteiger partial charge in [0.1, 0.15) is 0 Å². The Bertz CT molecular complexity index is 440. The molecule has 2 nitrogen and oxygen atoms in total. The zero-order valence-electron chi connectivity index (χ0n) is 9.88. The van der Waals surface area contributed by atoms with E-state index in [4.69, 9.17) is 11.6 Å². The minimum absolute atomic E-state index is 0.00887. The smallest absolute Gasteiger partial charge is 0.226 e. The van der Waals surface area contributed by atoms with Crippen LogP contribution in [0.3, 0.4) is 0 Å². The molecule has 1 aromatic rings. The Morgan fingerprint density at radius 3 is 2.81 bits per heavy atom. The van der Waals surface area contributed by atoms with Gasteiger partial charge in [-0.2, -0.15) is 0 Å². The summed E-state index contributed by atoms with van der Waals surface area (Å²) in [7, 11) is 0. The van der Waals surface area contributed by atoms with Crippen LogP contribution in [0.5, 0.6) is 0 Å². The maximum absolute atomic E-state index is 11.8.